The van der Waals surface area contributed by atoms with Gasteiger partial charge in [-0.2, -0.15) is 0 Å². The third kappa shape index (κ3) is 3.88. The summed E-state index contributed by atoms with van der Waals surface area (Å²) in [4.78, 5) is 14.7. The summed E-state index contributed by atoms with van der Waals surface area (Å²) in [6, 6.07) is 3.86. The molecule has 2 aliphatic rings. The molecule has 0 spiro atoms. The van der Waals surface area contributed by atoms with E-state index in [1.807, 2.05) is 12.1 Å². The van der Waals surface area contributed by atoms with Crippen molar-refractivity contribution in [3.63, 3.8) is 0 Å². The second kappa shape index (κ2) is 6.65. The molecule has 0 aromatic carbocycles. The summed E-state index contributed by atoms with van der Waals surface area (Å²) in [5.74, 6) is 2.10. The van der Waals surface area contributed by atoms with Crippen LogP contribution in [0.3, 0.4) is 0 Å². The zero-order valence-electron chi connectivity index (χ0n) is 12.9. The van der Waals surface area contributed by atoms with Crippen molar-refractivity contribution in [2.45, 2.75) is 38.5 Å². The van der Waals surface area contributed by atoms with E-state index in [0.29, 0.717) is 11.8 Å². The lowest BCUT2D eigenvalue weighted by Gasteiger charge is -2.29. The molecular formula is C17H26N2O2. The monoisotopic (exact) mass is 290 g/mol. The Labute approximate surface area is 126 Å². The lowest BCUT2D eigenvalue weighted by Crippen LogP contribution is -2.38. The first-order valence-corrected chi connectivity index (χ1v) is 8.27. The maximum atomic E-state index is 12.1. The molecule has 21 heavy (non-hydrogen) atoms. The number of nitrogens with zero attached hydrogens (tertiary/aromatic N) is 1. The van der Waals surface area contributed by atoms with Gasteiger partial charge >= 0.3 is 0 Å². The summed E-state index contributed by atoms with van der Waals surface area (Å²) in [5, 5.41) is 3.12. The molecule has 1 aromatic heterocycles. The van der Waals surface area contributed by atoms with Crippen LogP contribution in [0.2, 0.25) is 0 Å². The Morgan fingerprint density at radius 1 is 1.43 bits per heavy atom. The maximum absolute atomic E-state index is 12.1. The van der Waals surface area contributed by atoms with Crippen molar-refractivity contribution < 1.29 is 9.21 Å². The van der Waals surface area contributed by atoms with Gasteiger partial charge in [0.2, 0.25) is 5.91 Å². The molecule has 3 rings (SSSR count). The third-order valence-electron chi connectivity index (χ3n) is 4.68. The second-order valence-electron chi connectivity index (χ2n) is 6.68. The molecule has 1 aromatic rings. The van der Waals surface area contributed by atoms with E-state index in [1.165, 1.54) is 32.4 Å². The van der Waals surface area contributed by atoms with Crippen LogP contribution in [0.5, 0.6) is 0 Å². The van der Waals surface area contributed by atoms with Crippen molar-refractivity contribution in [3.05, 3.63) is 24.2 Å². The molecule has 4 nitrogen and oxygen atoms in total. The van der Waals surface area contributed by atoms with Crippen LogP contribution >= 0.6 is 0 Å². The van der Waals surface area contributed by atoms with Gasteiger partial charge in [-0.05, 0) is 50.4 Å². The first-order valence-electron chi connectivity index (χ1n) is 8.27. The SMILES string of the molecule is CC(CNC(=O)C1CC1c1ccco1)CN1CCCCC1. The van der Waals surface area contributed by atoms with E-state index in [0.717, 1.165) is 25.3 Å². The zero-order valence-corrected chi connectivity index (χ0v) is 12.9. The molecular weight excluding hydrogens is 264 g/mol. The molecule has 0 bridgehead atoms. The van der Waals surface area contributed by atoms with Gasteiger partial charge in [-0.1, -0.05) is 13.3 Å². The average molecular weight is 290 g/mol. The number of carbonyl (C=O) groups is 1. The molecule has 1 N–H and O–H groups in total. The van der Waals surface area contributed by atoms with Crippen molar-refractivity contribution in [1.82, 2.24) is 10.2 Å². The minimum Gasteiger partial charge on any atom is -0.469 e. The summed E-state index contributed by atoms with van der Waals surface area (Å²) in [6.07, 6.45) is 6.64. The third-order valence-corrected chi connectivity index (χ3v) is 4.68. The maximum Gasteiger partial charge on any atom is 0.223 e. The van der Waals surface area contributed by atoms with Crippen LogP contribution < -0.4 is 5.32 Å². The highest BCUT2D eigenvalue weighted by Crippen LogP contribution is 2.47. The van der Waals surface area contributed by atoms with Gasteiger partial charge in [0.1, 0.15) is 5.76 Å². The van der Waals surface area contributed by atoms with E-state index >= 15 is 0 Å². The van der Waals surface area contributed by atoms with E-state index in [-0.39, 0.29) is 11.8 Å². The van der Waals surface area contributed by atoms with Crippen LogP contribution in [-0.2, 0) is 4.79 Å². The fraction of sp³-hybridized carbons (Fsp3) is 0.706. The highest BCUT2D eigenvalue weighted by Gasteiger charge is 2.45. The predicted molar refractivity (Wildman–Crippen MR) is 82.0 cm³/mol. The van der Waals surface area contributed by atoms with Crippen LogP contribution in [0.4, 0.5) is 0 Å². The molecule has 1 saturated carbocycles. The lowest BCUT2D eigenvalue weighted by molar-refractivity contribution is -0.122. The molecule has 2 heterocycles. The minimum atomic E-state index is 0.123. The largest absolute Gasteiger partial charge is 0.469 e. The minimum absolute atomic E-state index is 0.123. The number of nitrogens with one attached hydrogen (secondary N) is 1. The van der Waals surface area contributed by atoms with Gasteiger partial charge in [0.25, 0.3) is 0 Å². The van der Waals surface area contributed by atoms with Crippen LogP contribution in [0, 0.1) is 11.8 Å². The summed E-state index contributed by atoms with van der Waals surface area (Å²) >= 11 is 0. The molecule has 4 heteroatoms. The number of hydrogen-bond donors (Lipinski definition) is 1. The molecule has 1 amide bonds. The number of rotatable bonds is 6. The number of likely N-dealkylation sites (tertiary alicyclic amines) is 1. The van der Waals surface area contributed by atoms with Crippen molar-refractivity contribution in [2.75, 3.05) is 26.2 Å². The first kappa shape index (κ1) is 14.6. The zero-order chi connectivity index (χ0) is 14.7. The molecule has 1 saturated heterocycles. The summed E-state index contributed by atoms with van der Waals surface area (Å²) in [7, 11) is 0. The standard InChI is InChI=1S/C17H26N2O2/c1-13(12-19-7-3-2-4-8-19)11-18-17(20)15-10-14(15)16-6-5-9-21-16/h5-6,9,13-15H,2-4,7-8,10-12H2,1H3,(H,18,20). The Morgan fingerprint density at radius 3 is 2.95 bits per heavy atom. The van der Waals surface area contributed by atoms with Crippen LogP contribution in [0.1, 0.15) is 44.3 Å². The lowest BCUT2D eigenvalue weighted by atomic mass is 10.1. The Balaban J connectivity index is 1.36. The molecule has 0 radical (unpaired) electrons. The van der Waals surface area contributed by atoms with E-state index in [4.69, 9.17) is 4.42 Å². The fourth-order valence-electron chi connectivity index (χ4n) is 3.35. The molecule has 2 fully saturated rings. The second-order valence-corrected chi connectivity index (χ2v) is 6.68. The first-order chi connectivity index (χ1) is 10.2. The van der Waals surface area contributed by atoms with Crippen molar-refractivity contribution in [3.8, 4) is 0 Å². The highest BCUT2D eigenvalue weighted by atomic mass is 16.3. The van der Waals surface area contributed by atoms with E-state index < -0.39 is 0 Å². The Hall–Kier alpha value is -1.29. The van der Waals surface area contributed by atoms with E-state index in [9.17, 15) is 4.79 Å². The number of carbonyl (C=O) groups excluding carboxylic acids is 1. The van der Waals surface area contributed by atoms with Gasteiger partial charge in [-0.15, -0.1) is 0 Å². The van der Waals surface area contributed by atoms with Crippen molar-refractivity contribution in [1.29, 1.82) is 0 Å². The van der Waals surface area contributed by atoms with Gasteiger partial charge in [-0.25, -0.2) is 0 Å². The summed E-state index contributed by atoms with van der Waals surface area (Å²) in [6.45, 7) is 6.57. The highest BCUT2D eigenvalue weighted by molar-refractivity contribution is 5.82. The van der Waals surface area contributed by atoms with E-state index in [2.05, 4.69) is 17.1 Å². The topological polar surface area (TPSA) is 45.5 Å². The van der Waals surface area contributed by atoms with Crippen molar-refractivity contribution >= 4 is 5.91 Å². The average Bonchev–Trinajstić information content (AvgIpc) is 3.11. The quantitative estimate of drug-likeness (QED) is 0.876. The smallest absolute Gasteiger partial charge is 0.223 e. The Kier molecular flexibility index (Phi) is 4.63. The number of furan rings is 1. The normalized spacial score (nSPS) is 27.3. The van der Waals surface area contributed by atoms with Gasteiger partial charge in [0.05, 0.1) is 6.26 Å². The summed E-state index contributed by atoms with van der Waals surface area (Å²) in [5.41, 5.74) is 0. The van der Waals surface area contributed by atoms with Gasteiger partial charge < -0.3 is 14.6 Å². The number of amides is 1. The van der Waals surface area contributed by atoms with Crippen LogP contribution in [0.25, 0.3) is 0 Å². The van der Waals surface area contributed by atoms with Crippen molar-refractivity contribution in [2.24, 2.45) is 11.8 Å². The number of piperidine rings is 1. The van der Waals surface area contributed by atoms with Gasteiger partial charge in [0, 0.05) is 24.9 Å². The Bertz CT molecular complexity index is 451. The molecule has 3 atom stereocenters. The summed E-state index contributed by atoms with van der Waals surface area (Å²) < 4.78 is 5.38. The predicted octanol–water partition coefficient (Wildman–Crippen LogP) is 2.62. The fourth-order valence-corrected chi connectivity index (χ4v) is 3.35. The number of hydrogen-bond acceptors (Lipinski definition) is 3. The molecule has 3 unspecified atom stereocenters. The molecule has 116 valence electrons. The van der Waals surface area contributed by atoms with E-state index in [1.54, 1.807) is 6.26 Å². The van der Waals surface area contributed by atoms with Crippen LogP contribution in [-0.4, -0.2) is 37.0 Å². The molecule has 1 aliphatic heterocycles. The van der Waals surface area contributed by atoms with Gasteiger partial charge in [-0.3, -0.25) is 4.79 Å². The van der Waals surface area contributed by atoms with Crippen LogP contribution in [0.15, 0.2) is 22.8 Å². The van der Waals surface area contributed by atoms with Gasteiger partial charge in [0.15, 0.2) is 0 Å². The Morgan fingerprint density at radius 2 is 2.24 bits per heavy atom. The molecule has 1 aliphatic carbocycles.